The minimum absolute atomic E-state index is 0.0869. The van der Waals surface area contributed by atoms with Crippen LogP contribution in [0.1, 0.15) is 22.3 Å². The summed E-state index contributed by atoms with van der Waals surface area (Å²) < 4.78 is 5.22. The Morgan fingerprint density at radius 3 is 2.50 bits per heavy atom. The molecule has 2 aromatic carbocycles. The maximum absolute atomic E-state index is 12.7. The molecule has 0 radical (unpaired) electrons. The van der Waals surface area contributed by atoms with E-state index in [9.17, 15) is 4.79 Å². The third-order valence-electron chi connectivity index (χ3n) is 4.78. The summed E-state index contributed by atoms with van der Waals surface area (Å²) in [7, 11) is 3.44. The van der Waals surface area contributed by atoms with Crippen LogP contribution >= 0.6 is 12.2 Å². The Kier molecular flexibility index (Phi) is 5.99. The van der Waals surface area contributed by atoms with Crippen LogP contribution in [0.2, 0.25) is 0 Å². The van der Waals surface area contributed by atoms with E-state index in [1.165, 1.54) is 0 Å². The monoisotopic (exact) mass is 395 g/mol. The molecule has 0 spiro atoms. The van der Waals surface area contributed by atoms with Crippen LogP contribution in [-0.4, -0.2) is 29.2 Å². The molecule has 0 fully saturated rings. The molecule has 1 aromatic heterocycles. The van der Waals surface area contributed by atoms with E-state index in [1.54, 1.807) is 14.2 Å². The average Bonchev–Trinajstić information content (AvgIpc) is 2.68. The molecule has 3 rings (SSSR count). The number of fused-ring (bicyclic) bond motifs is 1. The van der Waals surface area contributed by atoms with Crippen LogP contribution in [0, 0.1) is 13.8 Å². The van der Waals surface area contributed by atoms with Gasteiger partial charge in [-0.3, -0.25) is 4.79 Å². The summed E-state index contributed by atoms with van der Waals surface area (Å²) in [6.07, 6.45) is 0. The number of nitrogens with one attached hydrogen (secondary N) is 2. The number of benzene rings is 2. The third-order valence-corrected chi connectivity index (χ3v) is 5.25. The number of hydrogen-bond acceptors (Lipinski definition) is 3. The molecule has 2 N–H and O–H groups in total. The summed E-state index contributed by atoms with van der Waals surface area (Å²) in [5.41, 5.74) is 4.82. The molecule has 3 aromatic rings. The normalized spacial score (nSPS) is 10.7. The van der Waals surface area contributed by atoms with Crippen molar-refractivity contribution in [2.24, 2.45) is 0 Å². The number of H-pyrrole nitrogens is 1. The summed E-state index contributed by atoms with van der Waals surface area (Å²) in [4.78, 5) is 17.7. The van der Waals surface area contributed by atoms with Gasteiger partial charge < -0.3 is 19.9 Å². The zero-order chi connectivity index (χ0) is 20.3. The van der Waals surface area contributed by atoms with Gasteiger partial charge in [0.15, 0.2) is 5.11 Å². The molecule has 0 atom stereocenters. The van der Waals surface area contributed by atoms with E-state index in [0.29, 0.717) is 23.8 Å². The van der Waals surface area contributed by atoms with E-state index in [-0.39, 0.29) is 5.56 Å². The number of aromatic amines is 1. The van der Waals surface area contributed by atoms with Crippen molar-refractivity contribution in [1.82, 2.24) is 15.2 Å². The first-order valence-corrected chi connectivity index (χ1v) is 9.55. The van der Waals surface area contributed by atoms with Gasteiger partial charge in [0.1, 0.15) is 5.75 Å². The van der Waals surface area contributed by atoms with Gasteiger partial charge in [0, 0.05) is 30.1 Å². The molecular formula is C22H25N3O2S. The predicted molar refractivity (Wildman–Crippen MR) is 118 cm³/mol. The fourth-order valence-electron chi connectivity index (χ4n) is 3.35. The Balaban J connectivity index is 1.93. The lowest BCUT2D eigenvalue weighted by atomic mass is 10.0. The number of pyridine rings is 1. The summed E-state index contributed by atoms with van der Waals surface area (Å²) in [6, 6.07) is 13.9. The van der Waals surface area contributed by atoms with E-state index in [1.807, 2.05) is 48.2 Å². The number of methoxy groups -OCH3 is 1. The number of hydrogen-bond donors (Lipinski definition) is 2. The molecule has 28 heavy (non-hydrogen) atoms. The number of aromatic nitrogens is 1. The SMILES string of the molecule is CNC(=S)N(Cc1ccc(OC)cc1)Cc1cc2c(C)cc(C)cc2[nH]c1=O. The Bertz CT molecular complexity index is 1060. The molecule has 0 saturated carbocycles. The van der Waals surface area contributed by atoms with E-state index in [0.717, 1.165) is 33.3 Å². The summed E-state index contributed by atoms with van der Waals surface area (Å²) in [5.74, 6) is 0.809. The van der Waals surface area contributed by atoms with Crippen LogP contribution in [0.4, 0.5) is 0 Å². The van der Waals surface area contributed by atoms with Crippen LogP contribution in [-0.2, 0) is 13.1 Å². The van der Waals surface area contributed by atoms with Gasteiger partial charge in [0.05, 0.1) is 13.7 Å². The molecule has 0 aliphatic rings. The van der Waals surface area contributed by atoms with Gasteiger partial charge in [-0.25, -0.2) is 0 Å². The zero-order valence-corrected chi connectivity index (χ0v) is 17.4. The molecule has 146 valence electrons. The molecule has 0 aliphatic heterocycles. The number of aryl methyl sites for hydroxylation is 2. The van der Waals surface area contributed by atoms with Crippen LogP contribution in [0.25, 0.3) is 10.9 Å². The van der Waals surface area contributed by atoms with E-state index in [2.05, 4.69) is 23.3 Å². The molecule has 6 heteroatoms. The zero-order valence-electron chi connectivity index (χ0n) is 16.6. The second-order valence-corrected chi connectivity index (χ2v) is 7.31. The Hall–Kier alpha value is -2.86. The fourth-order valence-corrected chi connectivity index (χ4v) is 3.48. The second-order valence-electron chi connectivity index (χ2n) is 6.93. The predicted octanol–water partition coefficient (Wildman–Crippen LogP) is 3.66. The smallest absolute Gasteiger partial charge is 0.253 e. The summed E-state index contributed by atoms with van der Waals surface area (Å²) in [6.45, 7) is 5.10. The maximum atomic E-state index is 12.7. The molecule has 0 aliphatic carbocycles. The first kappa shape index (κ1) is 19.9. The van der Waals surface area contributed by atoms with Crippen molar-refractivity contribution in [3.05, 3.63) is 75.1 Å². The molecule has 0 unspecified atom stereocenters. The number of ether oxygens (including phenoxy) is 1. The van der Waals surface area contributed by atoms with Crippen molar-refractivity contribution in [2.75, 3.05) is 14.2 Å². The van der Waals surface area contributed by atoms with E-state index >= 15 is 0 Å². The lowest BCUT2D eigenvalue weighted by Crippen LogP contribution is -2.38. The topological polar surface area (TPSA) is 57.4 Å². The average molecular weight is 396 g/mol. The minimum Gasteiger partial charge on any atom is -0.497 e. The van der Waals surface area contributed by atoms with Gasteiger partial charge in [-0.15, -0.1) is 0 Å². The van der Waals surface area contributed by atoms with Gasteiger partial charge >= 0.3 is 0 Å². The summed E-state index contributed by atoms with van der Waals surface area (Å²) in [5, 5.41) is 4.67. The lowest BCUT2D eigenvalue weighted by Gasteiger charge is -2.25. The minimum atomic E-state index is -0.0869. The number of thiocarbonyl (C=S) groups is 1. The van der Waals surface area contributed by atoms with Crippen molar-refractivity contribution < 1.29 is 4.74 Å². The highest BCUT2D eigenvalue weighted by atomic mass is 32.1. The quantitative estimate of drug-likeness (QED) is 0.646. The Morgan fingerprint density at radius 2 is 1.86 bits per heavy atom. The van der Waals surface area contributed by atoms with Crippen molar-refractivity contribution in [3.63, 3.8) is 0 Å². The second kappa shape index (κ2) is 8.44. The van der Waals surface area contributed by atoms with Gasteiger partial charge in [-0.05, 0) is 67.0 Å². The van der Waals surface area contributed by atoms with Gasteiger partial charge in [-0.2, -0.15) is 0 Å². The first-order chi connectivity index (χ1) is 13.4. The highest BCUT2D eigenvalue weighted by molar-refractivity contribution is 7.80. The standard InChI is InChI=1S/C22H25N3O2S/c1-14-9-15(2)19-11-17(21(26)24-20(19)10-14)13-25(22(28)23-3)12-16-5-7-18(27-4)8-6-16/h5-11H,12-13H2,1-4H3,(H,23,28)(H,24,26). The molecule has 0 saturated heterocycles. The largest absolute Gasteiger partial charge is 0.497 e. The number of rotatable bonds is 5. The van der Waals surface area contributed by atoms with Crippen LogP contribution < -0.4 is 15.6 Å². The van der Waals surface area contributed by atoms with Gasteiger partial charge in [-0.1, -0.05) is 18.2 Å². The fraction of sp³-hybridized carbons (Fsp3) is 0.273. The lowest BCUT2D eigenvalue weighted by molar-refractivity contribution is 0.398. The van der Waals surface area contributed by atoms with Crippen molar-refractivity contribution in [3.8, 4) is 5.75 Å². The van der Waals surface area contributed by atoms with E-state index < -0.39 is 0 Å². The van der Waals surface area contributed by atoms with Crippen LogP contribution in [0.5, 0.6) is 5.75 Å². The molecule has 0 amide bonds. The van der Waals surface area contributed by atoms with Crippen LogP contribution in [0.15, 0.2) is 47.3 Å². The van der Waals surface area contributed by atoms with Crippen molar-refractivity contribution in [2.45, 2.75) is 26.9 Å². The maximum Gasteiger partial charge on any atom is 0.253 e. The first-order valence-electron chi connectivity index (χ1n) is 9.14. The highest BCUT2D eigenvalue weighted by Gasteiger charge is 2.14. The molecule has 0 bridgehead atoms. The summed E-state index contributed by atoms with van der Waals surface area (Å²) >= 11 is 5.48. The molecule has 1 heterocycles. The van der Waals surface area contributed by atoms with Gasteiger partial charge in [0.25, 0.3) is 5.56 Å². The highest BCUT2D eigenvalue weighted by Crippen LogP contribution is 2.20. The van der Waals surface area contributed by atoms with Crippen LogP contribution in [0.3, 0.4) is 0 Å². The molecular weight excluding hydrogens is 370 g/mol. The number of nitrogens with zero attached hydrogens (tertiary/aromatic N) is 1. The van der Waals surface area contributed by atoms with Crippen molar-refractivity contribution >= 4 is 28.2 Å². The third kappa shape index (κ3) is 4.34. The van der Waals surface area contributed by atoms with Gasteiger partial charge in [0.2, 0.25) is 0 Å². The molecule has 5 nitrogen and oxygen atoms in total. The Morgan fingerprint density at radius 1 is 1.14 bits per heavy atom. The van der Waals surface area contributed by atoms with Crippen molar-refractivity contribution in [1.29, 1.82) is 0 Å². The van der Waals surface area contributed by atoms with E-state index in [4.69, 9.17) is 17.0 Å². The Labute approximate surface area is 170 Å².